The van der Waals surface area contributed by atoms with Crippen LogP contribution in [-0.4, -0.2) is 19.5 Å². The van der Waals surface area contributed by atoms with Crippen molar-refractivity contribution in [1.29, 1.82) is 0 Å². The predicted molar refractivity (Wildman–Crippen MR) is 78.0 cm³/mol. The molecule has 0 fully saturated rings. The van der Waals surface area contributed by atoms with E-state index in [0.717, 1.165) is 11.3 Å². The van der Waals surface area contributed by atoms with E-state index >= 15 is 0 Å². The molecule has 0 N–H and O–H groups in total. The second kappa shape index (κ2) is 7.46. The van der Waals surface area contributed by atoms with Gasteiger partial charge in [-0.05, 0) is 29.8 Å². The van der Waals surface area contributed by atoms with E-state index < -0.39 is 0 Å². The van der Waals surface area contributed by atoms with E-state index in [9.17, 15) is 4.79 Å². The van der Waals surface area contributed by atoms with Crippen LogP contribution in [0.15, 0.2) is 54.6 Å². The molecule has 0 spiro atoms. The monoisotopic (exact) mass is 270 g/mol. The molecule has 3 heteroatoms. The first kappa shape index (κ1) is 14.3. The molecule has 0 saturated carbocycles. The number of rotatable bonds is 7. The normalized spacial score (nSPS) is 10.2. The summed E-state index contributed by atoms with van der Waals surface area (Å²) in [7, 11) is 1.61. The average Bonchev–Trinajstić information content (AvgIpc) is 2.52. The maximum absolute atomic E-state index is 11.9. The predicted octanol–water partition coefficient (Wildman–Crippen LogP) is 3.48. The maximum Gasteiger partial charge on any atom is 0.165 e. The minimum atomic E-state index is 0.0840. The molecule has 2 aromatic carbocycles. The zero-order chi connectivity index (χ0) is 14.2. The zero-order valence-electron chi connectivity index (χ0n) is 11.5. The van der Waals surface area contributed by atoms with Crippen molar-refractivity contribution in [2.45, 2.75) is 13.0 Å². The van der Waals surface area contributed by atoms with Crippen molar-refractivity contribution in [3.05, 3.63) is 65.7 Å². The van der Waals surface area contributed by atoms with Crippen molar-refractivity contribution < 1.29 is 14.3 Å². The fourth-order valence-corrected chi connectivity index (χ4v) is 1.85. The molecule has 0 aliphatic heterocycles. The van der Waals surface area contributed by atoms with Crippen LogP contribution in [0.4, 0.5) is 0 Å². The Balaban J connectivity index is 1.74. The number of hydrogen-bond acceptors (Lipinski definition) is 3. The summed E-state index contributed by atoms with van der Waals surface area (Å²) in [6, 6.07) is 17.1. The van der Waals surface area contributed by atoms with Crippen LogP contribution in [0, 0.1) is 0 Å². The average molecular weight is 270 g/mol. The zero-order valence-corrected chi connectivity index (χ0v) is 11.5. The summed E-state index contributed by atoms with van der Waals surface area (Å²) in [6.45, 7) is 0.969. The molecule has 0 heterocycles. The highest BCUT2D eigenvalue weighted by Crippen LogP contribution is 2.12. The SMILES string of the molecule is COc1ccc(C(=O)CCOCc2ccccc2)cc1. The van der Waals surface area contributed by atoms with E-state index in [-0.39, 0.29) is 5.78 Å². The van der Waals surface area contributed by atoms with Crippen LogP contribution in [0.25, 0.3) is 0 Å². The van der Waals surface area contributed by atoms with Gasteiger partial charge in [-0.15, -0.1) is 0 Å². The Labute approximate surface area is 119 Å². The van der Waals surface area contributed by atoms with Crippen LogP contribution in [0.1, 0.15) is 22.3 Å². The van der Waals surface area contributed by atoms with Gasteiger partial charge in [0.1, 0.15) is 5.75 Å². The first-order valence-corrected chi connectivity index (χ1v) is 6.58. The molecule has 104 valence electrons. The Morgan fingerprint density at radius 3 is 2.35 bits per heavy atom. The van der Waals surface area contributed by atoms with Gasteiger partial charge in [-0.2, -0.15) is 0 Å². The summed E-state index contributed by atoms with van der Waals surface area (Å²) in [5.74, 6) is 0.836. The molecule has 0 aliphatic carbocycles. The van der Waals surface area contributed by atoms with Gasteiger partial charge in [0, 0.05) is 12.0 Å². The summed E-state index contributed by atoms with van der Waals surface area (Å²) in [6.07, 6.45) is 0.388. The lowest BCUT2D eigenvalue weighted by Gasteiger charge is -2.05. The van der Waals surface area contributed by atoms with Gasteiger partial charge in [-0.25, -0.2) is 0 Å². The smallest absolute Gasteiger partial charge is 0.165 e. The lowest BCUT2D eigenvalue weighted by molar-refractivity contribution is 0.0848. The number of carbonyl (C=O) groups excluding carboxylic acids is 1. The molecule has 2 aromatic rings. The molecular formula is C17H18O3. The van der Waals surface area contributed by atoms with Crippen LogP contribution >= 0.6 is 0 Å². The Kier molecular flexibility index (Phi) is 5.33. The Bertz CT molecular complexity index is 532. The summed E-state index contributed by atoms with van der Waals surface area (Å²) in [5.41, 5.74) is 1.80. The number of ether oxygens (including phenoxy) is 2. The first-order valence-electron chi connectivity index (χ1n) is 6.58. The third-order valence-corrected chi connectivity index (χ3v) is 3.00. The molecule has 0 amide bonds. The van der Waals surface area contributed by atoms with Crippen LogP contribution in [0.3, 0.4) is 0 Å². The van der Waals surface area contributed by atoms with Crippen molar-refractivity contribution in [1.82, 2.24) is 0 Å². The molecule has 2 rings (SSSR count). The molecular weight excluding hydrogens is 252 g/mol. The molecule has 0 saturated heterocycles. The van der Waals surface area contributed by atoms with E-state index in [2.05, 4.69) is 0 Å². The molecule has 0 bridgehead atoms. The van der Waals surface area contributed by atoms with Crippen LogP contribution in [0.2, 0.25) is 0 Å². The highest BCUT2D eigenvalue weighted by atomic mass is 16.5. The van der Waals surface area contributed by atoms with E-state index in [0.29, 0.717) is 25.2 Å². The Morgan fingerprint density at radius 1 is 1.00 bits per heavy atom. The summed E-state index contributed by atoms with van der Waals surface area (Å²) in [5, 5.41) is 0. The molecule has 0 aromatic heterocycles. The van der Waals surface area contributed by atoms with Crippen LogP contribution < -0.4 is 4.74 Å². The van der Waals surface area contributed by atoms with Crippen LogP contribution in [0.5, 0.6) is 5.75 Å². The third-order valence-electron chi connectivity index (χ3n) is 3.00. The number of ketones is 1. The number of benzene rings is 2. The molecule has 20 heavy (non-hydrogen) atoms. The number of carbonyl (C=O) groups is 1. The van der Waals surface area contributed by atoms with E-state index in [1.165, 1.54) is 0 Å². The maximum atomic E-state index is 11.9. The number of hydrogen-bond donors (Lipinski definition) is 0. The number of methoxy groups -OCH3 is 1. The van der Waals surface area contributed by atoms with Gasteiger partial charge in [0.2, 0.25) is 0 Å². The largest absolute Gasteiger partial charge is 0.497 e. The third kappa shape index (κ3) is 4.21. The van der Waals surface area contributed by atoms with Crippen molar-refractivity contribution in [2.24, 2.45) is 0 Å². The van der Waals surface area contributed by atoms with Gasteiger partial charge in [0.15, 0.2) is 5.78 Å². The quantitative estimate of drug-likeness (QED) is 0.570. The lowest BCUT2D eigenvalue weighted by Crippen LogP contribution is -2.05. The fourth-order valence-electron chi connectivity index (χ4n) is 1.85. The second-order valence-corrected chi connectivity index (χ2v) is 4.44. The highest BCUT2D eigenvalue weighted by molar-refractivity contribution is 5.96. The minimum Gasteiger partial charge on any atom is -0.497 e. The Morgan fingerprint density at radius 2 is 1.70 bits per heavy atom. The summed E-state index contributed by atoms with van der Waals surface area (Å²) in [4.78, 5) is 11.9. The van der Waals surface area contributed by atoms with Gasteiger partial charge in [0.05, 0.1) is 20.3 Å². The fraction of sp³-hybridized carbons (Fsp3) is 0.235. The Hall–Kier alpha value is -2.13. The lowest BCUT2D eigenvalue weighted by atomic mass is 10.1. The van der Waals surface area contributed by atoms with E-state index in [1.54, 1.807) is 31.4 Å². The molecule has 0 radical (unpaired) electrons. The van der Waals surface area contributed by atoms with Gasteiger partial charge in [-0.1, -0.05) is 30.3 Å². The standard InChI is InChI=1S/C17H18O3/c1-19-16-9-7-15(8-10-16)17(18)11-12-20-13-14-5-3-2-4-6-14/h2-10H,11-13H2,1H3. The van der Waals surface area contributed by atoms with Gasteiger partial charge >= 0.3 is 0 Å². The van der Waals surface area contributed by atoms with Crippen molar-refractivity contribution in [2.75, 3.05) is 13.7 Å². The van der Waals surface area contributed by atoms with Crippen molar-refractivity contribution in [3.63, 3.8) is 0 Å². The minimum absolute atomic E-state index is 0.0840. The molecule has 0 unspecified atom stereocenters. The summed E-state index contributed by atoms with van der Waals surface area (Å²) >= 11 is 0. The van der Waals surface area contributed by atoms with E-state index in [1.807, 2.05) is 30.3 Å². The van der Waals surface area contributed by atoms with Gasteiger partial charge < -0.3 is 9.47 Å². The molecule has 0 aliphatic rings. The second-order valence-electron chi connectivity index (χ2n) is 4.44. The first-order chi connectivity index (χ1) is 9.79. The number of Topliss-reactive ketones (excluding diaryl/α,β-unsaturated/α-hetero) is 1. The van der Waals surface area contributed by atoms with E-state index in [4.69, 9.17) is 9.47 Å². The topological polar surface area (TPSA) is 35.5 Å². The highest BCUT2D eigenvalue weighted by Gasteiger charge is 2.05. The van der Waals surface area contributed by atoms with Gasteiger partial charge in [0.25, 0.3) is 0 Å². The van der Waals surface area contributed by atoms with Crippen molar-refractivity contribution >= 4 is 5.78 Å². The van der Waals surface area contributed by atoms with Crippen molar-refractivity contribution in [3.8, 4) is 5.75 Å². The van der Waals surface area contributed by atoms with Gasteiger partial charge in [-0.3, -0.25) is 4.79 Å². The molecule has 0 atom stereocenters. The molecule has 3 nitrogen and oxygen atoms in total. The summed E-state index contributed by atoms with van der Waals surface area (Å²) < 4.78 is 10.6. The van der Waals surface area contributed by atoms with Crippen LogP contribution in [-0.2, 0) is 11.3 Å².